The van der Waals surface area contributed by atoms with E-state index in [0.29, 0.717) is 28.5 Å². The number of aryl methyl sites for hydroxylation is 1. The maximum absolute atomic E-state index is 12.6. The number of para-hydroxylation sites is 1. The molecule has 0 unspecified atom stereocenters. The van der Waals surface area contributed by atoms with E-state index in [0.717, 1.165) is 16.9 Å². The van der Waals surface area contributed by atoms with Gasteiger partial charge in [-0.3, -0.25) is 9.59 Å². The first kappa shape index (κ1) is 17.0. The maximum atomic E-state index is 12.6. The molecule has 1 aromatic carbocycles. The number of anilines is 1. The second kappa shape index (κ2) is 7.28. The molecule has 1 aromatic heterocycles. The quantitative estimate of drug-likeness (QED) is 0.849. The van der Waals surface area contributed by atoms with Crippen LogP contribution >= 0.6 is 11.3 Å². The molecule has 23 heavy (non-hydrogen) atoms. The van der Waals surface area contributed by atoms with Gasteiger partial charge < -0.3 is 15.8 Å². The summed E-state index contributed by atoms with van der Waals surface area (Å²) in [5.74, 6) is -0.337. The van der Waals surface area contributed by atoms with E-state index < -0.39 is 5.91 Å². The van der Waals surface area contributed by atoms with Gasteiger partial charge in [0.15, 0.2) is 0 Å². The van der Waals surface area contributed by atoms with Crippen LogP contribution in [0.1, 0.15) is 44.5 Å². The number of carbonyl (C=O) groups excluding carboxylic acids is 2. The molecule has 2 rings (SSSR count). The Kier molecular flexibility index (Phi) is 5.39. The number of ether oxygens (including phenoxy) is 1. The van der Waals surface area contributed by atoms with Gasteiger partial charge in [-0.05, 0) is 38.0 Å². The van der Waals surface area contributed by atoms with Crippen LogP contribution in [-0.2, 0) is 0 Å². The minimum absolute atomic E-state index is 0.319. The Balaban J connectivity index is 2.30. The predicted molar refractivity (Wildman–Crippen MR) is 92.5 cm³/mol. The highest BCUT2D eigenvalue weighted by Crippen LogP contribution is 2.33. The summed E-state index contributed by atoms with van der Waals surface area (Å²) in [4.78, 5) is 25.1. The van der Waals surface area contributed by atoms with Gasteiger partial charge in [0.05, 0.1) is 17.7 Å². The largest absolute Gasteiger partial charge is 0.493 e. The number of nitrogens with two attached hydrogens (primary N) is 1. The Bertz CT molecular complexity index is 737. The Labute approximate surface area is 139 Å². The molecule has 0 saturated carbocycles. The Morgan fingerprint density at radius 1 is 1.26 bits per heavy atom. The van der Waals surface area contributed by atoms with Gasteiger partial charge in [-0.15, -0.1) is 11.3 Å². The Morgan fingerprint density at radius 3 is 2.61 bits per heavy atom. The highest BCUT2D eigenvalue weighted by Gasteiger charge is 2.20. The molecule has 0 fully saturated rings. The van der Waals surface area contributed by atoms with Crippen molar-refractivity contribution in [3.63, 3.8) is 0 Å². The summed E-state index contributed by atoms with van der Waals surface area (Å²) in [6, 6.07) is 7.03. The number of rotatable bonds is 6. The molecule has 6 heteroatoms. The molecule has 1 heterocycles. The molecule has 0 aliphatic heterocycles. The van der Waals surface area contributed by atoms with Crippen LogP contribution in [0.4, 0.5) is 5.00 Å². The first-order valence-corrected chi connectivity index (χ1v) is 8.20. The van der Waals surface area contributed by atoms with Gasteiger partial charge >= 0.3 is 0 Å². The van der Waals surface area contributed by atoms with Gasteiger partial charge in [-0.25, -0.2) is 0 Å². The fourth-order valence-corrected chi connectivity index (χ4v) is 3.24. The second-order valence-electron chi connectivity index (χ2n) is 5.15. The average molecular weight is 332 g/mol. The molecule has 0 aliphatic carbocycles. The molecule has 0 atom stereocenters. The summed E-state index contributed by atoms with van der Waals surface area (Å²) in [6.07, 6.45) is 0.852. The SMILES string of the molecule is CCCOc1ccccc1C(=O)Nc1sc(C)c(C)c1C(N)=O. The van der Waals surface area contributed by atoms with Crippen LogP contribution in [0.5, 0.6) is 5.75 Å². The van der Waals surface area contributed by atoms with Gasteiger partial charge in [-0.2, -0.15) is 0 Å². The van der Waals surface area contributed by atoms with E-state index in [2.05, 4.69) is 5.32 Å². The molecule has 0 aliphatic rings. The van der Waals surface area contributed by atoms with E-state index >= 15 is 0 Å². The number of carbonyl (C=O) groups is 2. The van der Waals surface area contributed by atoms with Crippen molar-refractivity contribution in [2.24, 2.45) is 5.73 Å². The normalized spacial score (nSPS) is 10.4. The molecule has 2 amide bonds. The van der Waals surface area contributed by atoms with Crippen molar-refractivity contribution < 1.29 is 14.3 Å². The molecule has 3 N–H and O–H groups in total. The van der Waals surface area contributed by atoms with E-state index in [1.165, 1.54) is 11.3 Å². The third-order valence-electron chi connectivity index (χ3n) is 3.45. The fraction of sp³-hybridized carbons (Fsp3) is 0.294. The van der Waals surface area contributed by atoms with E-state index in [9.17, 15) is 9.59 Å². The van der Waals surface area contributed by atoms with Crippen LogP contribution in [0.25, 0.3) is 0 Å². The first-order chi connectivity index (χ1) is 11.0. The maximum Gasteiger partial charge on any atom is 0.260 e. The number of hydrogen-bond donors (Lipinski definition) is 2. The highest BCUT2D eigenvalue weighted by atomic mass is 32.1. The van der Waals surface area contributed by atoms with Gasteiger partial charge in [0.2, 0.25) is 0 Å². The summed E-state index contributed by atoms with van der Waals surface area (Å²) in [5, 5.41) is 3.26. The molecule has 0 saturated heterocycles. The van der Waals surface area contributed by atoms with Gasteiger partial charge in [0.1, 0.15) is 10.8 Å². The number of benzene rings is 1. The first-order valence-electron chi connectivity index (χ1n) is 7.38. The third kappa shape index (κ3) is 3.71. The summed E-state index contributed by atoms with van der Waals surface area (Å²) < 4.78 is 5.60. The van der Waals surface area contributed by atoms with E-state index in [1.54, 1.807) is 18.2 Å². The third-order valence-corrected chi connectivity index (χ3v) is 4.57. The second-order valence-corrected chi connectivity index (χ2v) is 6.38. The lowest BCUT2D eigenvalue weighted by Gasteiger charge is -2.11. The molecule has 2 aromatic rings. The molecule has 5 nitrogen and oxygen atoms in total. The van der Waals surface area contributed by atoms with Crippen LogP contribution in [0.15, 0.2) is 24.3 Å². The van der Waals surface area contributed by atoms with Crippen LogP contribution in [0.3, 0.4) is 0 Å². The zero-order valence-electron chi connectivity index (χ0n) is 13.4. The number of primary amides is 1. The Morgan fingerprint density at radius 2 is 1.96 bits per heavy atom. The summed E-state index contributed by atoms with van der Waals surface area (Å²) >= 11 is 1.34. The van der Waals surface area contributed by atoms with Crippen LogP contribution in [-0.4, -0.2) is 18.4 Å². The summed E-state index contributed by atoms with van der Waals surface area (Å²) in [5.41, 5.74) is 7.03. The standard InChI is InChI=1S/C17H20N2O3S/c1-4-9-22-13-8-6-5-7-12(13)16(21)19-17-14(15(18)20)10(2)11(3)23-17/h5-8H,4,9H2,1-3H3,(H2,18,20)(H,19,21). The van der Waals surface area contributed by atoms with Crippen LogP contribution < -0.4 is 15.8 Å². The lowest BCUT2D eigenvalue weighted by Crippen LogP contribution is -2.18. The van der Waals surface area contributed by atoms with E-state index in [1.807, 2.05) is 26.8 Å². The summed E-state index contributed by atoms with van der Waals surface area (Å²) in [6.45, 7) is 6.24. The zero-order valence-corrected chi connectivity index (χ0v) is 14.3. The van der Waals surface area contributed by atoms with Crippen molar-refractivity contribution in [3.8, 4) is 5.75 Å². The molecule has 122 valence electrons. The van der Waals surface area contributed by atoms with Gasteiger partial charge in [0, 0.05) is 4.88 Å². The van der Waals surface area contributed by atoms with Crippen molar-refractivity contribution in [2.75, 3.05) is 11.9 Å². The van der Waals surface area contributed by atoms with E-state index in [4.69, 9.17) is 10.5 Å². The molecular formula is C17H20N2O3S. The van der Waals surface area contributed by atoms with Crippen molar-refractivity contribution in [1.82, 2.24) is 0 Å². The fourth-order valence-electron chi connectivity index (χ4n) is 2.17. The average Bonchev–Trinajstić information content (AvgIpc) is 2.79. The van der Waals surface area contributed by atoms with Crippen LogP contribution in [0.2, 0.25) is 0 Å². The van der Waals surface area contributed by atoms with Gasteiger partial charge in [-0.1, -0.05) is 19.1 Å². The minimum atomic E-state index is -0.544. The van der Waals surface area contributed by atoms with E-state index in [-0.39, 0.29) is 5.91 Å². The van der Waals surface area contributed by atoms with Crippen molar-refractivity contribution >= 4 is 28.2 Å². The topological polar surface area (TPSA) is 81.4 Å². The zero-order chi connectivity index (χ0) is 17.0. The number of hydrogen-bond acceptors (Lipinski definition) is 4. The minimum Gasteiger partial charge on any atom is -0.493 e. The summed E-state index contributed by atoms with van der Waals surface area (Å²) in [7, 11) is 0. The van der Waals surface area contributed by atoms with Crippen molar-refractivity contribution in [2.45, 2.75) is 27.2 Å². The monoisotopic (exact) mass is 332 g/mol. The van der Waals surface area contributed by atoms with Gasteiger partial charge in [0.25, 0.3) is 11.8 Å². The smallest absolute Gasteiger partial charge is 0.260 e. The lowest BCUT2D eigenvalue weighted by molar-refractivity contribution is 0.100. The number of nitrogens with one attached hydrogen (secondary N) is 1. The molecule has 0 bridgehead atoms. The molecule has 0 spiro atoms. The Hall–Kier alpha value is -2.34. The van der Waals surface area contributed by atoms with Crippen molar-refractivity contribution in [1.29, 1.82) is 0 Å². The predicted octanol–water partition coefficient (Wildman–Crippen LogP) is 3.50. The lowest BCUT2D eigenvalue weighted by atomic mass is 10.1. The number of amides is 2. The van der Waals surface area contributed by atoms with Crippen LogP contribution in [0, 0.1) is 13.8 Å². The molecule has 0 radical (unpaired) electrons. The highest BCUT2D eigenvalue weighted by molar-refractivity contribution is 7.16. The molecular weight excluding hydrogens is 312 g/mol. The van der Waals surface area contributed by atoms with Crippen molar-refractivity contribution in [3.05, 3.63) is 45.8 Å². The number of thiophene rings is 1.